The zero-order valence-electron chi connectivity index (χ0n) is 9.30. The number of amides is 1. The van der Waals surface area contributed by atoms with Gasteiger partial charge in [-0.1, -0.05) is 18.2 Å². The number of rotatable bonds is 4. The molecule has 4 nitrogen and oxygen atoms in total. The summed E-state index contributed by atoms with van der Waals surface area (Å²) in [6.07, 6.45) is -0.506. The molecule has 92 valence electrons. The quantitative estimate of drug-likeness (QED) is 0.870. The number of nitrogens with zero attached hydrogens (tertiary/aromatic N) is 1. The van der Waals surface area contributed by atoms with E-state index in [1.807, 2.05) is 0 Å². The lowest BCUT2D eigenvalue weighted by Gasteiger charge is -2.11. The predicted molar refractivity (Wildman–Crippen MR) is 58.9 cm³/mol. The van der Waals surface area contributed by atoms with Crippen LogP contribution in [0.5, 0.6) is 0 Å². The van der Waals surface area contributed by atoms with Crippen LogP contribution in [0.15, 0.2) is 24.3 Å². The molecule has 1 fully saturated rings. The number of hydrogen-bond donors (Lipinski definition) is 1. The molecule has 1 amide bonds. The summed E-state index contributed by atoms with van der Waals surface area (Å²) in [4.78, 5) is 13.0. The van der Waals surface area contributed by atoms with Gasteiger partial charge in [-0.05, 0) is 12.5 Å². The molecule has 1 atom stereocenters. The van der Waals surface area contributed by atoms with Gasteiger partial charge in [0.25, 0.3) is 0 Å². The minimum absolute atomic E-state index is 0.0220. The number of cyclic esters (lactones) is 1. The second-order valence-corrected chi connectivity index (χ2v) is 3.92. The summed E-state index contributed by atoms with van der Waals surface area (Å²) in [5.74, 6) is -0.366. The van der Waals surface area contributed by atoms with Crippen molar-refractivity contribution in [2.45, 2.75) is 12.5 Å². The van der Waals surface area contributed by atoms with E-state index in [9.17, 15) is 9.18 Å². The Morgan fingerprint density at radius 1 is 1.47 bits per heavy atom. The molecule has 2 rings (SSSR count). The maximum Gasteiger partial charge on any atom is 0.410 e. The largest absolute Gasteiger partial charge is 0.439 e. The number of benzene rings is 1. The number of aliphatic hydroxyl groups is 1. The Morgan fingerprint density at radius 3 is 2.94 bits per heavy atom. The second kappa shape index (κ2) is 5.14. The SMILES string of the molecule is O=C1OC(c2ccccc2F)CN1CCCO. The zero-order valence-corrected chi connectivity index (χ0v) is 9.30. The zero-order chi connectivity index (χ0) is 12.3. The van der Waals surface area contributed by atoms with E-state index in [0.29, 0.717) is 25.1 Å². The number of carbonyl (C=O) groups is 1. The number of aliphatic hydroxyl groups excluding tert-OH is 1. The molecule has 0 saturated carbocycles. The molecule has 1 aromatic rings. The van der Waals surface area contributed by atoms with Crippen LogP contribution in [0.3, 0.4) is 0 Å². The van der Waals surface area contributed by atoms with Crippen molar-refractivity contribution in [1.82, 2.24) is 4.90 Å². The molecule has 0 aromatic heterocycles. The molecule has 1 aromatic carbocycles. The Kier molecular flexibility index (Phi) is 3.58. The van der Waals surface area contributed by atoms with Crippen molar-refractivity contribution in [1.29, 1.82) is 0 Å². The van der Waals surface area contributed by atoms with E-state index in [1.54, 1.807) is 18.2 Å². The highest BCUT2D eigenvalue weighted by Gasteiger charge is 2.33. The maximum absolute atomic E-state index is 13.5. The molecular formula is C12H14FNO3. The van der Waals surface area contributed by atoms with Crippen LogP contribution >= 0.6 is 0 Å². The van der Waals surface area contributed by atoms with Gasteiger partial charge in [0.1, 0.15) is 11.9 Å². The lowest BCUT2D eigenvalue weighted by Crippen LogP contribution is -2.26. The van der Waals surface area contributed by atoms with E-state index in [-0.39, 0.29) is 12.4 Å². The Labute approximate surface area is 98.6 Å². The summed E-state index contributed by atoms with van der Waals surface area (Å²) >= 11 is 0. The third-order valence-corrected chi connectivity index (χ3v) is 2.73. The van der Waals surface area contributed by atoms with Gasteiger partial charge in [-0.3, -0.25) is 0 Å². The van der Waals surface area contributed by atoms with Gasteiger partial charge in [0, 0.05) is 18.7 Å². The van der Waals surface area contributed by atoms with Gasteiger partial charge in [0.05, 0.1) is 6.54 Å². The fourth-order valence-corrected chi connectivity index (χ4v) is 1.85. The number of ether oxygens (including phenoxy) is 1. The molecule has 1 aliphatic rings. The van der Waals surface area contributed by atoms with Crippen LogP contribution in [0, 0.1) is 5.82 Å². The van der Waals surface area contributed by atoms with Crippen LogP contribution in [0.1, 0.15) is 18.1 Å². The summed E-state index contributed by atoms with van der Waals surface area (Å²) in [7, 11) is 0. The summed E-state index contributed by atoms with van der Waals surface area (Å²) in [6.45, 7) is 0.786. The van der Waals surface area contributed by atoms with Crippen LogP contribution in [0.25, 0.3) is 0 Å². The van der Waals surface area contributed by atoms with Crippen molar-refractivity contribution < 1.29 is 19.0 Å². The Hall–Kier alpha value is -1.62. The van der Waals surface area contributed by atoms with E-state index in [0.717, 1.165) is 0 Å². The molecule has 1 heterocycles. The normalized spacial score (nSPS) is 19.5. The molecule has 0 bridgehead atoms. The van der Waals surface area contributed by atoms with Crippen molar-refractivity contribution in [2.75, 3.05) is 19.7 Å². The number of halogens is 1. The van der Waals surface area contributed by atoms with Crippen molar-refractivity contribution >= 4 is 6.09 Å². The van der Waals surface area contributed by atoms with Gasteiger partial charge in [-0.15, -0.1) is 0 Å². The summed E-state index contributed by atoms with van der Waals surface area (Å²) < 4.78 is 18.6. The van der Waals surface area contributed by atoms with Gasteiger partial charge in [-0.25, -0.2) is 9.18 Å². The summed E-state index contributed by atoms with van der Waals surface area (Å²) in [5, 5.41) is 8.70. The predicted octanol–water partition coefficient (Wildman–Crippen LogP) is 1.70. The molecule has 1 aliphatic heterocycles. The Balaban J connectivity index is 2.06. The van der Waals surface area contributed by atoms with E-state index in [2.05, 4.69) is 0 Å². The Morgan fingerprint density at radius 2 is 2.24 bits per heavy atom. The lowest BCUT2D eigenvalue weighted by molar-refractivity contribution is 0.130. The summed E-state index contributed by atoms with van der Waals surface area (Å²) in [6, 6.07) is 6.27. The molecule has 0 aliphatic carbocycles. The first kappa shape index (κ1) is 11.9. The number of hydrogen-bond acceptors (Lipinski definition) is 3. The molecule has 0 radical (unpaired) electrons. The average molecular weight is 239 g/mol. The highest BCUT2D eigenvalue weighted by Crippen LogP contribution is 2.27. The standard InChI is InChI=1S/C12H14FNO3/c13-10-5-2-1-4-9(10)11-8-14(6-3-7-15)12(16)17-11/h1-2,4-5,11,15H,3,6-8H2. The highest BCUT2D eigenvalue weighted by atomic mass is 19.1. The van der Waals surface area contributed by atoms with Gasteiger partial charge in [0.2, 0.25) is 0 Å². The van der Waals surface area contributed by atoms with Crippen LogP contribution in [0.2, 0.25) is 0 Å². The fraction of sp³-hybridized carbons (Fsp3) is 0.417. The molecule has 1 N–H and O–H groups in total. The first-order valence-corrected chi connectivity index (χ1v) is 5.53. The van der Waals surface area contributed by atoms with Crippen molar-refractivity contribution in [2.24, 2.45) is 0 Å². The fourth-order valence-electron chi connectivity index (χ4n) is 1.85. The molecule has 1 unspecified atom stereocenters. The number of carbonyl (C=O) groups excluding carboxylic acids is 1. The van der Waals surface area contributed by atoms with Crippen LogP contribution < -0.4 is 0 Å². The third kappa shape index (κ3) is 2.55. The van der Waals surface area contributed by atoms with E-state index < -0.39 is 12.2 Å². The topological polar surface area (TPSA) is 49.8 Å². The average Bonchev–Trinajstić information content (AvgIpc) is 2.68. The highest BCUT2D eigenvalue weighted by molar-refractivity contribution is 5.70. The second-order valence-electron chi connectivity index (χ2n) is 3.92. The van der Waals surface area contributed by atoms with Crippen molar-refractivity contribution in [3.63, 3.8) is 0 Å². The summed E-state index contributed by atoms with van der Waals surface area (Å²) in [5.41, 5.74) is 0.396. The van der Waals surface area contributed by atoms with Crippen LogP contribution in [0.4, 0.5) is 9.18 Å². The molecule has 0 spiro atoms. The molecule has 1 saturated heterocycles. The van der Waals surface area contributed by atoms with Crippen molar-refractivity contribution in [3.8, 4) is 0 Å². The van der Waals surface area contributed by atoms with E-state index >= 15 is 0 Å². The lowest BCUT2D eigenvalue weighted by atomic mass is 10.1. The smallest absolute Gasteiger partial charge is 0.410 e. The molecule has 17 heavy (non-hydrogen) atoms. The van der Waals surface area contributed by atoms with Crippen LogP contribution in [-0.4, -0.2) is 35.8 Å². The first-order valence-electron chi connectivity index (χ1n) is 5.53. The Bertz CT molecular complexity index is 410. The first-order chi connectivity index (χ1) is 8.22. The minimum Gasteiger partial charge on any atom is -0.439 e. The van der Waals surface area contributed by atoms with E-state index in [4.69, 9.17) is 9.84 Å². The van der Waals surface area contributed by atoms with E-state index in [1.165, 1.54) is 11.0 Å². The van der Waals surface area contributed by atoms with Crippen LogP contribution in [-0.2, 0) is 4.74 Å². The van der Waals surface area contributed by atoms with Gasteiger partial charge in [0.15, 0.2) is 0 Å². The maximum atomic E-state index is 13.5. The molecule has 5 heteroatoms. The third-order valence-electron chi connectivity index (χ3n) is 2.73. The monoisotopic (exact) mass is 239 g/mol. The minimum atomic E-state index is -0.553. The van der Waals surface area contributed by atoms with Gasteiger partial charge in [-0.2, -0.15) is 0 Å². The van der Waals surface area contributed by atoms with Gasteiger partial charge >= 0.3 is 6.09 Å². The van der Waals surface area contributed by atoms with Gasteiger partial charge < -0.3 is 14.7 Å². The molecular weight excluding hydrogens is 225 g/mol. The van der Waals surface area contributed by atoms with Crippen molar-refractivity contribution in [3.05, 3.63) is 35.6 Å².